The van der Waals surface area contributed by atoms with Crippen molar-refractivity contribution in [3.05, 3.63) is 137 Å². The number of nitrogens with zero attached hydrogens (tertiary/aromatic N) is 1. The maximum atomic E-state index is 13.5. The Hall–Kier alpha value is -4.45. The Bertz CT molecular complexity index is 1790. The van der Waals surface area contributed by atoms with E-state index in [0.717, 1.165) is 33.8 Å². The van der Waals surface area contributed by atoms with Gasteiger partial charge in [0.1, 0.15) is 0 Å². The van der Waals surface area contributed by atoms with E-state index in [0.29, 0.717) is 23.2 Å². The molecule has 4 aromatic rings. The summed E-state index contributed by atoms with van der Waals surface area (Å²) >= 11 is 0. The lowest BCUT2D eigenvalue weighted by Crippen LogP contribution is -2.47. The van der Waals surface area contributed by atoms with Gasteiger partial charge in [-0.05, 0) is 73.4 Å². The number of allylic oxidation sites excluding steroid dienone is 1. The fourth-order valence-corrected chi connectivity index (χ4v) is 6.15. The molecule has 1 unspecified atom stereocenters. The van der Waals surface area contributed by atoms with Gasteiger partial charge in [0.15, 0.2) is 0 Å². The highest BCUT2D eigenvalue weighted by molar-refractivity contribution is 7.92. The highest BCUT2D eigenvalue weighted by Crippen LogP contribution is 2.31. The van der Waals surface area contributed by atoms with Crippen molar-refractivity contribution in [2.24, 2.45) is 0 Å². The summed E-state index contributed by atoms with van der Waals surface area (Å²) in [6, 6.07) is 27.0. The number of hydrogen-bond acceptors (Lipinski definition) is 5. The molecule has 0 heterocycles. The Labute approximate surface area is 273 Å². The van der Waals surface area contributed by atoms with Crippen LogP contribution in [0.1, 0.15) is 46.5 Å². The van der Waals surface area contributed by atoms with Gasteiger partial charge < -0.3 is 15.7 Å². The number of hydrogen-bond donors (Lipinski definition) is 3. The summed E-state index contributed by atoms with van der Waals surface area (Å²) in [5.41, 5.74) is 2.93. The maximum absolute atomic E-state index is 13.5. The molecule has 47 heavy (non-hydrogen) atoms. The number of nitrogens with one attached hydrogen (secondary N) is 2. The van der Waals surface area contributed by atoms with Gasteiger partial charge in [0.2, 0.25) is 10.0 Å². The SMILES string of the molecule is CC(C)=Cc1cc(C(=O)NC[C@@H](O)C(Cc2ccccc2)NCc2cccc(C(F)(F)F)c2)cc(N(c2ccccc2)S(C)(=O)=O)c1. The van der Waals surface area contributed by atoms with E-state index in [1.165, 1.54) is 12.1 Å². The standard InChI is InChI=1S/C36H38F3N3O4S/c1-25(2)17-28-18-29(22-32(20-28)42(47(3,45)46)31-15-8-5-9-16-31)35(44)41-24-34(43)33(21-26-11-6-4-7-12-26)40-23-27-13-10-14-30(19-27)36(37,38)39/h4-20,22,33-34,40,43H,21,23-24H2,1-3H3,(H,41,44)/t33?,34-/m1/s1. The quantitative estimate of drug-likeness (QED) is 0.147. The number of alkyl halides is 3. The van der Waals surface area contributed by atoms with Crippen molar-refractivity contribution in [2.75, 3.05) is 17.1 Å². The van der Waals surface area contributed by atoms with Gasteiger partial charge in [-0.3, -0.25) is 4.79 Å². The number of anilines is 2. The minimum atomic E-state index is -4.48. The minimum Gasteiger partial charge on any atom is -0.390 e. The van der Waals surface area contributed by atoms with Crippen LogP contribution in [0.5, 0.6) is 0 Å². The first-order valence-corrected chi connectivity index (χ1v) is 16.8. The molecule has 0 radical (unpaired) electrons. The number of para-hydroxylation sites is 1. The fraction of sp³-hybridized carbons (Fsp3) is 0.250. The zero-order chi connectivity index (χ0) is 34.2. The van der Waals surface area contributed by atoms with Crippen molar-refractivity contribution >= 4 is 33.4 Å². The van der Waals surface area contributed by atoms with E-state index in [9.17, 15) is 31.5 Å². The molecular formula is C36H38F3N3O4S. The Morgan fingerprint density at radius 2 is 1.51 bits per heavy atom. The number of sulfonamides is 1. The van der Waals surface area contributed by atoms with Crippen molar-refractivity contribution in [3.8, 4) is 0 Å². The number of carbonyl (C=O) groups is 1. The third kappa shape index (κ3) is 10.3. The maximum Gasteiger partial charge on any atom is 0.416 e. The van der Waals surface area contributed by atoms with Crippen LogP contribution in [0.2, 0.25) is 0 Å². The molecule has 0 saturated carbocycles. The average molecular weight is 666 g/mol. The van der Waals surface area contributed by atoms with Crippen LogP contribution in [0.3, 0.4) is 0 Å². The van der Waals surface area contributed by atoms with E-state index < -0.39 is 39.8 Å². The summed E-state index contributed by atoms with van der Waals surface area (Å²) in [4.78, 5) is 13.5. The van der Waals surface area contributed by atoms with Crippen LogP contribution in [-0.2, 0) is 29.2 Å². The number of rotatable bonds is 13. The van der Waals surface area contributed by atoms with Crippen LogP contribution in [-0.4, -0.2) is 44.4 Å². The zero-order valence-corrected chi connectivity index (χ0v) is 27.1. The molecule has 4 aromatic carbocycles. The number of aliphatic hydroxyl groups is 1. The molecule has 4 rings (SSSR count). The highest BCUT2D eigenvalue weighted by atomic mass is 32.2. The lowest BCUT2D eigenvalue weighted by molar-refractivity contribution is -0.137. The molecule has 1 amide bonds. The van der Waals surface area contributed by atoms with E-state index in [1.54, 1.807) is 48.5 Å². The smallest absolute Gasteiger partial charge is 0.390 e. The average Bonchev–Trinajstić information content (AvgIpc) is 3.01. The van der Waals surface area contributed by atoms with Gasteiger partial charge in [0.05, 0.1) is 29.3 Å². The Kier molecular flexibility index (Phi) is 11.6. The van der Waals surface area contributed by atoms with Crippen LogP contribution in [0.4, 0.5) is 24.5 Å². The lowest BCUT2D eigenvalue weighted by Gasteiger charge is -2.26. The van der Waals surface area contributed by atoms with Crippen molar-refractivity contribution in [1.82, 2.24) is 10.6 Å². The van der Waals surface area contributed by atoms with Crippen molar-refractivity contribution in [2.45, 2.75) is 45.1 Å². The number of carbonyl (C=O) groups excluding carboxylic acids is 1. The predicted octanol–water partition coefficient (Wildman–Crippen LogP) is 6.72. The number of aliphatic hydroxyl groups excluding tert-OH is 1. The van der Waals surface area contributed by atoms with Crippen LogP contribution >= 0.6 is 0 Å². The Balaban J connectivity index is 1.57. The molecule has 0 aliphatic rings. The van der Waals surface area contributed by atoms with Gasteiger partial charge in [-0.2, -0.15) is 13.2 Å². The van der Waals surface area contributed by atoms with Crippen LogP contribution in [0.15, 0.2) is 109 Å². The number of benzene rings is 4. The van der Waals surface area contributed by atoms with Crippen molar-refractivity contribution in [1.29, 1.82) is 0 Å². The summed E-state index contributed by atoms with van der Waals surface area (Å²) in [5.74, 6) is -0.535. The van der Waals surface area contributed by atoms with E-state index in [-0.39, 0.29) is 24.3 Å². The second-order valence-electron chi connectivity index (χ2n) is 11.6. The van der Waals surface area contributed by atoms with Crippen LogP contribution in [0, 0.1) is 0 Å². The molecule has 248 valence electrons. The molecule has 0 aliphatic heterocycles. The first kappa shape index (κ1) is 35.4. The summed E-state index contributed by atoms with van der Waals surface area (Å²) in [7, 11) is -3.80. The molecule has 0 aromatic heterocycles. The number of halogens is 3. The minimum absolute atomic E-state index is 0.0569. The summed E-state index contributed by atoms with van der Waals surface area (Å²) in [6.07, 6.45) is -2.35. The van der Waals surface area contributed by atoms with E-state index in [1.807, 2.05) is 50.3 Å². The summed E-state index contributed by atoms with van der Waals surface area (Å²) < 4.78 is 66.8. The molecular weight excluding hydrogens is 627 g/mol. The topological polar surface area (TPSA) is 98.7 Å². The van der Waals surface area contributed by atoms with Gasteiger partial charge in [0, 0.05) is 24.7 Å². The normalized spacial score (nSPS) is 13.0. The van der Waals surface area contributed by atoms with Gasteiger partial charge in [-0.15, -0.1) is 0 Å². The third-order valence-electron chi connectivity index (χ3n) is 7.27. The molecule has 7 nitrogen and oxygen atoms in total. The molecule has 0 fully saturated rings. The van der Waals surface area contributed by atoms with Gasteiger partial charge in [-0.25, -0.2) is 12.7 Å². The third-order valence-corrected chi connectivity index (χ3v) is 8.36. The summed E-state index contributed by atoms with van der Waals surface area (Å²) in [6.45, 7) is 3.64. The largest absolute Gasteiger partial charge is 0.416 e. The molecule has 3 N–H and O–H groups in total. The molecule has 2 atom stereocenters. The predicted molar refractivity (Wildman–Crippen MR) is 180 cm³/mol. The second kappa shape index (κ2) is 15.4. The molecule has 11 heteroatoms. The Morgan fingerprint density at radius 1 is 0.872 bits per heavy atom. The molecule has 0 spiro atoms. The first-order valence-electron chi connectivity index (χ1n) is 15.0. The van der Waals surface area contributed by atoms with Gasteiger partial charge >= 0.3 is 6.18 Å². The zero-order valence-electron chi connectivity index (χ0n) is 26.3. The van der Waals surface area contributed by atoms with E-state index in [4.69, 9.17) is 0 Å². The highest BCUT2D eigenvalue weighted by Gasteiger charge is 2.30. The molecule has 0 saturated heterocycles. The first-order chi connectivity index (χ1) is 22.2. The lowest BCUT2D eigenvalue weighted by atomic mass is 10.00. The summed E-state index contributed by atoms with van der Waals surface area (Å²) in [5, 5.41) is 17.2. The van der Waals surface area contributed by atoms with E-state index >= 15 is 0 Å². The molecule has 0 bridgehead atoms. The second-order valence-corrected chi connectivity index (χ2v) is 13.4. The van der Waals surface area contributed by atoms with Crippen molar-refractivity contribution < 1.29 is 31.5 Å². The van der Waals surface area contributed by atoms with E-state index in [2.05, 4.69) is 10.6 Å². The van der Waals surface area contributed by atoms with Crippen LogP contribution < -0.4 is 14.9 Å². The fourth-order valence-electron chi connectivity index (χ4n) is 5.16. The van der Waals surface area contributed by atoms with Gasteiger partial charge in [0.25, 0.3) is 5.91 Å². The number of amides is 1. The Morgan fingerprint density at radius 3 is 2.13 bits per heavy atom. The monoisotopic (exact) mass is 665 g/mol. The van der Waals surface area contributed by atoms with Crippen LogP contribution in [0.25, 0.3) is 6.08 Å². The molecule has 0 aliphatic carbocycles. The van der Waals surface area contributed by atoms with Gasteiger partial charge in [-0.1, -0.05) is 78.4 Å². The van der Waals surface area contributed by atoms with Crippen molar-refractivity contribution in [3.63, 3.8) is 0 Å².